The first-order valence-electron chi connectivity index (χ1n) is 11.7. The van der Waals surface area contributed by atoms with Crippen LogP contribution in [0.1, 0.15) is 19.3 Å². The fraction of sp³-hybridized carbons (Fsp3) is 0.0833. The first kappa shape index (κ1) is 33.0. The number of esters is 2. The van der Waals surface area contributed by atoms with E-state index >= 15 is 0 Å². The number of rotatable bonds is 14. The van der Waals surface area contributed by atoms with Crippen molar-refractivity contribution in [3.8, 4) is 17.2 Å². The van der Waals surface area contributed by atoms with Gasteiger partial charge in [-0.05, 0) is 36.6 Å². The van der Waals surface area contributed by atoms with Gasteiger partial charge in [-0.25, -0.2) is 9.59 Å². The molecule has 3 rings (SSSR count). The Hall–Kier alpha value is -3.48. The van der Waals surface area contributed by atoms with Crippen molar-refractivity contribution in [2.45, 2.75) is 0 Å². The summed E-state index contributed by atoms with van der Waals surface area (Å²) >= 11 is 2.89. The van der Waals surface area contributed by atoms with Crippen molar-refractivity contribution < 1.29 is 48.6 Å². The highest BCUT2D eigenvalue weighted by atomic mass is 32.2. The summed E-state index contributed by atoms with van der Waals surface area (Å²) < 4.78 is 22.1. The van der Waals surface area contributed by atoms with Crippen LogP contribution >= 0.6 is 34.4 Å². The van der Waals surface area contributed by atoms with Gasteiger partial charge in [-0.15, -0.1) is 34.4 Å². The van der Waals surface area contributed by atoms with Crippen molar-refractivity contribution in [3.05, 3.63) is 92.5 Å². The van der Waals surface area contributed by atoms with Crippen LogP contribution in [0.4, 0.5) is 0 Å². The molecule has 4 N–H and O–H groups in total. The van der Waals surface area contributed by atoms with Crippen molar-refractivity contribution in [2.75, 3.05) is 13.4 Å². The molecule has 0 saturated heterocycles. The molecule has 0 radical (unpaired) electrons. The zero-order valence-electron chi connectivity index (χ0n) is 22.0. The predicted octanol–water partition coefficient (Wildman–Crippen LogP) is 1.74. The lowest BCUT2D eigenvalue weighted by molar-refractivity contribution is 0.0687. The van der Waals surface area contributed by atoms with E-state index in [1.54, 1.807) is 6.26 Å². The monoisotopic (exact) mass is 629 g/mol. The summed E-state index contributed by atoms with van der Waals surface area (Å²) in [6.45, 7) is 3.77. The van der Waals surface area contributed by atoms with Gasteiger partial charge in [-0.3, -0.25) is 0 Å². The molecule has 3 aromatic rings. The lowest BCUT2D eigenvalue weighted by atomic mass is 9.83. The maximum absolute atomic E-state index is 12.9. The standard InChI is InChI=1S/C24H22B3NO11S3/c1-14(5-4-6-21(40-3)26(31)32)37-15-7-8-16(38-23(29)18-9-11-20(41-18)25(28-35)36-2)17(13-15)39-24(30)19-10-12-22(42-19)27(33)34/h4-13,31-34H,1H2,2-3H3/b5-4+,21-6-. The van der Waals surface area contributed by atoms with Crippen LogP contribution in [-0.2, 0) is 4.65 Å². The van der Waals surface area contributed by atoms with Gasteiger partial charge in [0, 0.05) is 27.5 Å². The van der Waals surface area contributed by atoms with Crippen molar-refractivity contribution in [1.29, 1.82) is 0 Å². The van der Waals surface area contributed by atoms with E-state index < -0.39 is 33.2 Å². The molecule has 2 aromatic heterocycles. The molecule has 2 heterocycles. The van der Waals surface area contributed by atoms with Gasteiger partial charge in [0.15, 0.2) is 11.5 Å². The number of allylic oxidation sites excluding steroid dienone is 3. The first-order valence-corrected chi connectivity index (χ1v) is 14.6. The summed E-state index contributed by atoms with van der Waals surface area (Å²) in [7, 11) is -3.19. The van der Waals surface area contributed by atoms with Crippen LogP contribution < -0.4 is 23.8 Å². The Morgan fingerprint density at radius 2 is 1.55 bits per heavy atom. The van der Waals surface area contributed by atoms with E-state index in [-0.39, 0.29) is 37.5 Å². The minimum atomic E-state index is -1.77. The van der Waals surface area contributed by atoms with Crippen molar-refractivity contribution >= 4 is 77.2 Å². The summed E-state index contributed by atoms with van der Waals surface area (Å²) in [6.07, 6.45) is 6.11. The number of ether oxygens (including phenoxy) is 3. The third-order valence-corrected chi connectivity index (χ3v) is 8.09. The topological polar surface area (TPSA) is 181 Å². The lowest BCUT2D eigenvalue weighted by Crippen LogP contribution is -2.27. The van der Waals surface area contributed by atoms with E-state index in [2.05, 4.69) is 11.7 Å². The second kappa shape index (κ2) is 15.7. The number of nitrogens with zero attached hydrogens (tertiary/aromatic N) is 1. The molecular formula is C24H22B3NO11S3. The second-order valence-electron chi connectivity index (χ2n) is 7.93. The van der Waals surface area contributed by atoms with Gasteiger partial charge in [-0.2, -0.15) is 4.91 Å². The number of hydrogen-bond acceptors (Lipinski definition) is 15. The third-order valence-electron chi connectivity index (χ3n) is 5.08. The molecule has 0 spiro atoms. The number of nitroso groups, excluding NO2 is 1. The molecule has 0 saturated carbocycles. The summed E-state index contributed by atoms with van der Waals surface area (Å²) in [5, 5.41) is 40.1. The smallest absolute Gasteiger partial charge is 0.458 e. The van der Waals surface area contributed by atoms with Crippen LogP contribution in [0.25, 0.3) is 0 Å². The van der Waals surface area contributed by atoms with Crippen LogP contribution in [0.3, 0.4) is 0 Å². The lowest BCUT2D eigenvalue weighted by Gasteiger charge is -2.12. The van der Waals surface area contributed by atoms with Gasteiger partial charge in [0.1, 0.15) is 21.3 Å². The Bertz CT molecular complexity index is 1500. The second-order valence-corrected chi connectivity index (χ2v) is 11.0. The average molecular weight is 629 g/mol. The van der Waals surface area contributed by atoms with E-state index in [0.29, 0.717) is 9.58 Å². The molecule has 0 aliphatic carbocycles. The molecule has 216 valence electrons. The maximum Gasteiger partial charge on any atom is 0.530 e. The molecule has 12 nitrogen and oxygen atoms in total. The quantitative estimate of drug-likeness (QED) is 0.0508. The SMILES string of the molecule is C=C(/C=C/C=C(\SC)B(O)O)Oc1ccc(OC(=O)c2ccc(B(N=O)OC)s2)c(OC(=O)c2ccc(B(O)O)s2)c1. The molecule has 42 heavy (non-hydrogen) atoms. The number of carbonyl (C=O) groups excluding carboxylic acids is 2. The fourth-order valence-electron chi connectivity index (χ4n) is 3.12. The number of carbonyl (C=O) groups is 2. The van der Waals surface area contributed by atoms with E-state index in [9.17, 15) is 34.6 Å². The van der Waals surface area contributed by atoms with Gasteiger partial charge >= 0.3 is 33.2 Å². The predicted molar refractivity (Wildman–Crippen MR) is 164 cm³/mol. The van der Waals surface area contributed by atoms with E-state index in [1.165, 1.54) is 67.8 Å². The van der Waals surface area contributed by atoms with Gasteiger partial charge in [-0.1, -0.05) is 36.0 Å². The summed E-state index contributed by atoms with van der Waals surface area (Å²) in [4.78, 5) is 37.1. The highest BCUT2D eigenvalue weighted by molar-refractivity contribution is 8.04. The maximum atomic E-state index is 12.9. The van der Waals surface area contributed by atoms with E-state index in [4.69, 9.17) is 18.9 Å². The van der Waals surface area contributed by atoms with Gasteiger partial charge in [0.05, 0.1) is 0 Å². The van der Waals surface area contributed by atoms with Crippen molar-refractivity contribution in [2.24, 2.45) is 5.09 Å². The summed E-state index contributed by atoms with van der Waals surface area (Å²) in [5.41, 5.74) is 0. The molecule has 0 fully saturated rings. The molecule has 0 aliphatic rings. The molecule has 0 atom stereocenters. The number of hydrogen-bond donors (Lipinski definition) is 4. The minimum absolute atomic E-state index is 0.0476. The Morgan fingerprint density at radius 3 is 2.10 bits per heavy atom. The van der Waals surface area contributed by atoms with Gasteiger partial charge in [0.25, 0.3) is 0 Å². The number of thiophene rings is 2. The van der Waals surface area contributed by atoms with Crippen LogP contribution in [0.5, 0.6) is 17.2 Å². The van der Waals surface area contributed by atoms with Crippen LogP contribution in [0.15, 0.2) is 82.9 Å². The Kier molecular flexibility index (Phi) is 12.3. The molecule has 18 heteroatoms. The molecule has 1 aromatic carbocycles. The largest absolute Gasteiger partial charge is 0.530 e. The van der Waals surface area contributed by atoms with Crippen LogP contribution in [0, 0.1) is 4.91 Å². The van der Waals surface area contributed by atoms with Crippen molar-refractivity contribution in [3.63, 3.8) is 0 Å². The zero-order chi connectivity index (χ0) is 30.8. The van der Waals surface area contributed by atoms with Crippen LogP contribution in [-0.4, -0.2) is 66.7 Å². The normalized spacial score (nSPS) is 11.2. The molecule has 0 unspecified atom stereocenters. The zero-order valence-corrected chi connectivity index (χ0v) is 24.5. The fourth-order valence-corrected chi connectivity index (χ4v) is 5.19. The Morgan fingerprint density at radius 1 is 0.929 bits per heavy atom. The van der Waals surface area contributed by atoms with Gasteiger partial charge < -0.3 is 39.0 Å². The first-order chi connectivity index (χ1) is 20.1. The summed E-state index contributed by atoms with van der Waals surface area (Å²) in [6, 6.07) is 9.67. The molecule has 0 bridgehead atoms. The number of benzene rings is 1. The molecular weight excluding hydrogens is 607 g/mol. The Labute approximate surface area is 253 Å². The highest BCUT2D eigenvalue weighted by Crippen LogP contribution is 2.34. The minimum Gasteiger partial charge on any atom is -0.458 e. The third kappa shape index (κ3) is 9.01. The van der Waals surface area contributed by atoms with E-state index in [0.717, 1.165) is 34.4 Å². The number of thioether (sulfide) groups is 1. The Balaban J connectivity index is 1.86. The highest BCUT2D eigenvalue weighted by Gasteiger charge is 2.25. The van der Waals surface area contributed by atoms with Gasteiger partial charge in [0.2, 0.25) is 0 Å². The van der Waals surface area contributed by atoms with Crippen LogP contribution in [0.2, 0.25) is 0 Å². The average Bonchev–Trinajstić information content (AvgIpc) is 3.64. The summed E-state index contributed by atoms with van der Waals surface area (Å²) in [5.74, 6) is -1.72. The van der Waals surface area contributed by atoms with E-state index in [1.807, 2.05) is 0 Å². The van der Waals surface area contributed by atoms with Crippen molar-refractivity contribution in [1.82, 2.24) is 0 Å². The molecule has 0 amide bonds. The molecule has 0 aliphatic heterocycles.